The summed E-state index contributed by atoms with van der Waals surface area (Å²) in [5.74, 6) is -0.678. The topological polar surface area (TPSA) is 94.8 Å². The second-order valence-electron chi connectivity index (χ2n) is 7.54. The van der Waals surface area contributed by atoms with Crippen molar-refractivity contribution in [1.82, 2.24) is 0 Å². The van der Waals surface area contributed by atoms with Gasteiger partial charge in [0.1, 0.15) is 0 Å². The van der Waals surface area contributed by atoms with Gasteiger partial charge >= 0.3 is 13.6 Å². The van der Waals surface area contributed by atoms with Crippen LogP contribution in [0.1, 0.15) is 116 Å². The Kier molecular flexibility index (Phi) is 17.7. The average molecular weight is 393 g/mol. The SMILES string of the molecule is O=C(O)CCCCCCCCCCCCCCCCCCCP(=O)(O)O. The fraction of sp³-hybridized carbons (Fsp3) is 0.950. The Labute approximate surface area is 160 Å². The molecule has 0 amide bonds. The van der Waals surface area contributed by atoms with Gasteiger partial charge in [0.2, 0.25) is 0 Å². The first-order valence-electron chi connectivity index (χ1n) is 10.7. The van der Waals surface area contributed by atoms with Gasteiger partial charge in [-0.25, -0.2) is 0 Å². The molecule has 5 nitrogen and oxygen atoms in total. The van der Waals surface area contributed by atoms with Gasteiger partial charge in [0.05, 0.1) is 0 Å². The fourth-order valence-corrected chi connectivity index (χ4v) is 3.88. The quantitative estimate of drug-likeness (QED) is 0.168. The standard InChI is InChI=1S/C20H41O5P/c21-20(22)18-16-14-12-10-8-6-4-2-1-3-5-7-9-11-13-15-17-19-26(23,24)25/h1-19H2,(H,21,22)(H2,23,24,25). The molecular formula is C20H41O5P. The van der Waals surface area contributed by atoms with Gasteiger partial charge in [0.25, 0.3) is 0 Å². The molecule has 0 radical (unpaired) electrons. The lowest BCUT2D eigenvalue weighted by Crippen LogP contribution is -1.93. The molecule has 6 heteroatoms. The second-order valence-corrected chi connectivity index (χ2v) is 9.32. The van der Waals surface area contributed by atoms with Crippen molar-refractivity contribution in [2.24, 2.45) is 0 Å². The van der Waals surface area contributed by atoms with E-state index in [4.69, 9.17) is 14.9 Å². The van der Waals surface area contributed by atoms with Crippen LogP contribution in [0.4, 0.5) is 0 Å². The molecule has 0 rings (SSSR count). The van der Waals surface area contributed by atoms with Gasteiger partial charge in [0, 0.05) is 12.6 Å². The monoisotopic (exact) mass is 392 g/mol. The van der Waals surface area contributed by atoms with Crippen molar-refractivity contribution >= 4 is 13.6 Å². The number of rotatable bonds is 20. The fourth-order valence-electron chi connectivity index (χ4n) is 3.25. The van der Waals surface area contributed by atoms with Crippen LogP contribution in [-0.2, 0) is 9.36 Å². The summed E-state index contributed by atoms with van der Waals surface area (Å²) >= 11 is 0. The molecule has 0 aliphatic rings. The Bertz CT molecular complexity index is 367. The van der Waals surface area contributed by atoms with E-state index < -0.39 is 13.6 Å². The maximum absolute atomic E-state index is 10.7. The van der Waals surface area contributed by atoms with Gasteiger partial charge < -0.3 is 14.9 Å². The molecule has 0 unspecified atom stereocenters. The van der Waals surface area contributed by atoms with E-state index >= 15 is 0 Å². The van der Waals surface area contributed by atoms with Crippen molar-refractivity contribution in [3.05, 3.63) is 0 Å². The largest absolute Gasteiger partial charge is 0.481 e. The summed E-state index contributed by atoms with van der Waals surface area (Å²) in [6, 6.07) is 0. The smallest absolute Gasteiger partial charge is 0.325 e. The van der Waals surface area contributed by atoms with Crippen LogP contribution in [0.3, 0.4) is 0 Å². The van der Waals surface area contributed by atoms with E-state index in [1.165, 1.54) is 77.0 Å². The molecule has 0 aliphatic carbocycles. The summed E-state index contributed by atoms with van der Waals surface area (Å²) < 4.78 is 10.7. The molecule has 0 fully saturated rings. The summed E-state index contributed by atoms with van der Waals surface area (Å²) in [4.78, 5) is 27.9. The van der Waals surface area contributed by atoms with Crippen LogP contribution in [0.5, 0.6) is 0 Å². The highest BCUT2D eigenvalue weighted by Crippen LogP contribution is 2.35. The summed E-state index contributed by atoms with van der Waals surface area (Å²) in [6.45, 7) is 0. The van der Waals surface area contributed by atoms with Crippen molar-refractivity contribution in [2.75, 3.05) is 6.16 Å². The van der Waals surface area contributed by atoms with E-state index in [1.807, 2.05) is 0 Å². The molecule has 0 aromatic heterocycles. The van der Waals surface area contributed by atoms with Crippen LogP contribution in [0.2, 0.25) is 0 Å². The zero-order valence-electron chi connectivity index (χ0n) is 16.5. The minimum atomic E-state index is -3.78. The Morgan fingerprint density at radius 1 is 0.538 bits per heavy atom. The minimum Gasteiger partial charge on any atom is -0.481 e. The molecule has 0 saturated heterocycles. The lowest BCUT2D eigenvalue weighted by Gasteiger charge is -2.04. The van der Waals surface area contributed by atoms with E-state index in [9.17, 15) is 9.36 Å². The maximum atomic E-state index is 10.7. The van der Waals surface area contributed by atoms with Crippen molar-refractivity contribution in [2.45, 2.75) is 116 Å². The number of aliphatic carboxylic acids is 1. The third-order valence-corrected chi connectivity index (χ3v) is 5.74. The van der Waals surface area contributed by atoms with Gasteiger partial charge in [-0.3, -0.25) is 9.36 Å². The molecule has 0 aromatic carbocycles. The van der Waals surface area contributed by atoms with E-state index in [0.29, 0.717) is 12.8 Å². The zero-order valence-corrected chi connectivity index (χ0v) is 17.4. The highest BCUT2D eigenvalue weighted by atomic mass is 31.2. The zero-order chi connectivity index (χ0) is 19.5. The molecule has 0 bridgehead atoms. The summed E-state index contributed by atoms with van der Waals surface area (Å²) in [6.07, 6.45) is 20.3. The number of carbonyl (C=O) groups is 1. The minimum absolute atomic E-state index is 0.0394. The first-order chi connectivity index (χ1) is 12.4. The second kappa shape index (κ2) is 18.0. The third kappa shape index (κ3) is 23.6. The summed E-state index contributed by atoms with van der Waals surface area (Å²) in [5.41, 5.74) is 0. The van der Waals surface area contributed by atoms with Gasteiger partial charge in [-0.1, -0.05) is 96.3 Å². The van der Waals surface area contributed by atoms with Crippen LogP contribution in [0, 0.1) is 0 Å². The average Bonchev–Trinajstić information content (AvgIpc) is 2.55. The highest BCUT2D eigenvalue weighted by molar-refractivity contribution is 7.51. The molecule has 0 spiro atoms. The number of hydrogen-bond donors (Lipinski definition) is 3. The number of unbranched alkanes of at least 4 members (excludes halogenated alkanes) is 16. The first kappa shape index (κ1) is 25.6. The summed E-state index contributed by atoms with van der Waals surface area (Å²) in [7, 11) is -3.78. The van der Waals surface area contributed by atoms with Crippen LogP contribution in [-0.4, -0.2) is 27.0 Å². The van der Waals surface area contributed by atoms with Crippen LogP contribution < -0.4 is 0 Å². The molecule has 3 N–H and O–H groups in total. The van der Waals surface area contributed by atoms with E-state index in [-0.39, 0.29) is 6.16 Å². The Morgan fingerprint density at radius 2 is 0.808 bits per heavy atom. The van der Waals surface area contributed by atoms with Crippen molar-refractivity contribution < 1.29 is 24.3 Å². The molecule has 0 saturated carbocycles. The van der Waals surface area contributed by atoms with Gasteiger partial charge in [-0.2, -0.15) is 0 Å². The lowest BCUT2D eigenvalue weighted by molar-refractivity contribution is -0.137. The van der Waals surface area contributed by atoms with Crippen molar-refractivity contribution in [1.29, 1.82) is 0 Å². The Balaban J connectivity index is 3.05. The normalized spacial score (nSPS) is 11.8. The Morgan fingerprint density at radius 3 is 1.08 bits per heavy atom. The summed E-state index contributed by atoms with van der Waals surface area (Å²) in [5, 5.41) is 8.55. The van der Waals surface area contributed by atoms with Crippen molar-refractivity contribution in [3.8, 4) is 0 Å². The first-order valence-corrected chi connectivity index (χ1v) is 12.5. The lowest BCUT2D eigenvalue weighted by atomic mass is 10.0. The number of hydrogen-bond acceptors (Lipinski definition) is 2. The highest BCUT2D eigenvalue weighted by Gasteiger charge is 2.10. The van der Waals surface area contributed by atoms with E-state index in [0.717, 1.165) is 25.7 Å². The number of carboxylic acid groups (broad SMARTS) is 1. The van der Waals surface area contributed by atoms with Crippen LogP contribution >= 0.6 is 7.60 Å². The van der Waals surface area contributed by atoms with E-state index in [2.05, 4.69) is 0 Å². The molecule has 156 valence electrons. The molecule has 0 atom stereocenters. The van der Waals surface area contributed by atoms with Crippen LogP contribution in [0.25, 0.3) is 0 Å². The van der Waals surface area contributed by atoms with E-state index in [1.54, 1.807) is 0 Å². The number of carboxylic acids is 1. The van der Waals surface area contributed by atoms with Gasteiger partial charge in [0.15, 0.2) is 0 Å². The Hall–Kier alpha value is -0.380. The molecule has 0 aliphatic heterocycles. The third-order valence-electron chi connectivity index (χ3n) is 4.84. The van der Waals surface area contributed by atoms with Crippen LogP contribution in [0.15, 0.2) is 0 Å². The predicted octanol–water partition coefficient (Wildman–Crippen LogP) is 6.27. The van der Waals surface area contributed by atoms with Gasteiger partial charge in [-0.15, -0.1) is 0 Å². The maximum Gasteiger partial charge on any atom is 0.325 e. The predicted molar refractivity (Wildman–Crippen MR) is 108 cm³/mol. The molecule has 0 heterocycles. The van der Waals surface area contributed by atoms with Gasteiger partial charge in [-0.05, 0) is 12.8 Å². The molecule has 26 heavy (non-hydrogen) atoms. The molecule has 0 aromatic rings. The van der Waals surface area contributed by atoms with Crippen molar-refractivity contribution in [3.63, 3.8) is 0 Å². The molecular weight excluding hydrogens is 351 g/mol.